The zero-order chi connectivity index (χ0) is 21.8. The third-order valence-corrected chi connectivity index (χ3v) is 5.32. The summed E-state index contributed by atoms with van der Waals surface area (Å²) >= 11 is 0. The molecule has 2 heterocycles. The molecule has 4 rings (SSSR count). The zero-order valence-electron chi connectivity index (χ0n) is 18.0. The average Bonchev–Trinajstić information content (AvgIpc) is 2.89. The van der Waals surface area contributed by atoms with Gasteiger partial charge in [0, 0.05) is 29.6 Å². The predicted octanol–water partition coefficient (Wildman–Crippen LogP) is 3.33. The molecule has 0 saturated carbocycles. The molecule has 0 radical (unpaired) electrons. The van der Waals surface area contributed by atoms with Crippen LogP contribution in [0.2, 0.25) is 0 Å². The summed E-state index contributed by atoms with van der Waals surface area (Å²) in [5.41, 5.74) is 12.2. The molecule has 0 unspecified atom stereocenters. The van der Waals surface area contributed by atoms with Crippen molar-refractivity contribution in [1.29, 1.82) is 0 Å². The number of nitrogens with zero attached hydrogens (tertiary/aromatic N) is 3. The molecule has 0 spiro atoms. The van der Waals surface area contributed by atoms with Crippen molar-refractivity contribution < 1.29 is 4.79 Å². The first-order chi connectivity index (χ1) is 15.0. The maximum atomic E-state index is 12.4. The summed E-state index contributed by atoms with van der Waals surface area (Å²) in [5, 5.41) is 6.27. The summed E-state index contributed by atoms with van der Waals surface area (Å²) < 4.78 is 0. The van der Waals surface area contributed by atoms with Crippen LogP contribution in [0.25, 0.3) is 11.3 Å². The molecular formula is C24H28N6O. The Kier molecular flexibility index (Phi) is 6.25. The molecule has 7 nitrogen and oxygen atoms in total. The fraction of sp³-hybridized carbons (Fsp3) is 0.292. The highest BCUT2D eigenvalue weighted by Crippen LogP contribution is 2.34. The van der Waals surface area contributed by atoms with Gasteiger partial charge in [0.05, 0.1) is 17.8 Å². The number of aromatic nitrogens is 2. The molecule has 160 valence electrons. The Bertz CT molecular complexity index is 1100. The van der Waals surface area contributed by atoms with Crippen molar-refractivity contribution in [3.63, 3.8) is 0 Å². The van der Waals surface area contributed by atoms with E-state index in [1.807, 2.05) is 30.3 Å². The predicted molar refractivity (Wildman–Crippen MR) is 124 cm³/mol. The standard InChI is InChI=1S/C24H28N6O/c1-30(2)10-4-6-16-8-9-21-20(12-16)23-18(13-22(31)28-21)15-26-24(29-23)27-19-7-3-5-17(11-19)14-25/h3,5,7-9,11-12,15H,4,6,10,13-14,25H2,1-2H3,(H,28,31)(H,26,27,29). The molecule has 7 heteroatoms. The van der Waals surface area contributed by atoms with E-state index in [1.54, 1.807) is 6.20 Å². The minimum atomic E-state index is -0.0553. The van der Waals surface area contributed by atoms with Crippen molar-refractivity contribution >= 4 is 23.2 Å². The molecule has 2 aromatic carbocycles. The molecule has 0 saturated heterocycles. The molecular weight excluding hydrogens is 388 g/mol. The van der Waals surface area contributed by atoms with Gasteiger partial charge in [0.25, 0.3) is 0 Å². The van der Waals surface area contributed by atoms with Gasteiger partial charge in [-0.2, -0.15) is 0 Å². The van der Waals surface area contributed by atoms with E-state index in [0.717, 1.165) is 53.1 Å². The fourth-order valence-corrected chi connectivity index (χ4v) is 3.75. The number of amides is 1. The number of hydrogen-bond donors (Lipinski definition) is 3. The average molecular weight is 417 g/mol. The number of fused-ring (bicyclic) bond motifs is 3. The van der Waals surface area contributed by atoms with Crippen molar-refractivity contribution in [3.8, 4) is 11.3 Å². The van der Waals surface area contributed by atoms with Gasteiger partial charge in [-0.05, 0) is 68.9 Å². The molecule has 1 amide bonds. The largest absolute Gasteiger partial charge is 0.326 e. The number of carbonyl (C=O) groups is 1. The summed E-state index contributed by atoms with van der Waals surface area (Å²) in [6.07, 6.45) is 4.03. The molecule has 1 aromatic heterocycles. The van der Waals surface area contributed by atoms with E-state index >= 15 is 0 Å². The molecule has 4 N–H and O–H groups in total. The Morgan fingerprint density at radius 3 is 2.84 bits per heavy atom. The fourth-order valence-electron chi connectivity index (χ4n) is 3.75. The van der Waals surface area contributed by atoms with Gasteiger partial charge in [0.1, 0.15) is 0 Å². The Hall–Kier alpha value is -3.29. The zero-order valence-corrected chi connectivity index (χ0v) is 18.0. The third kappa shape index (κ3) is 5.07. The van der Waals surface area contributed by atoms with Crippen molar-refractivity contribution in [2.75, 3.05) is 31.3 Å². The normalized spacial score (nSPS) is 12.7. The Morgan fingerprint density at radius 2 is 2.03 bits per heavy atom. The van der Waals surface area contributed by atoms with Gasteiger partial charge in [0.15, 0.2) is 0 Å². The van der Waals surface area contributed by atoms with E-state index in [9.17, 15) is 4.79 Å². The number of hydrogen-bond acceptors (Lipinski definition) is 6. The Balaban J connectivity index is 1.67. The van der Waals surface area contributed by atoms with Crippen LogP contribution in [0.3, 0.4) is 0 Å². The van der Waals surface area contributed by atoms with E-state index in [2.05, 4.69) is 46.7 Å². The van der Waals surface area contributed by atoms with Crippen LogP contribution in [0.1, 0.15) is 23.1 Å². The Morgan fingerprint density at radius 1 is 1.16 bits per heavy atom. The van der Waals surface area contributed by atoms with Gasteiger partial charge in [0.2, 0.25) is 11.9 Å². The van der Waals surface area contributed by atoms with Gasteiger partial charge >= 0.3 is 0 Å². The number of nitrogens with two attached hydrogens (primary N) is 1. The highest BCUT2D eigenvalue weighted by Gasteiger charge is 2.21. The molecule has 1 aliphatic heterocycles. The summed E-state index contributed by atoms with van der Waals surface area (Å²) in [5.74, 6) is 0.437. The number of benzene rings is 2. The van der Waals surface area contributed by atoms with Crippen LogP contribution in [0.4, 0.5) is 17.3 Å². The first kappa shape index (κ1) is 21.0. The van der Waals surface area contributed by atoms with E-state index in [0.29, 0.717) is 12.5 Å². The SMILES string of the molecule is CN(C)CCCc1ccc2c(c1)-c1nc(Nc3cccc(CN)c3)ncc1CC(=O)N2. The molecule has 0 aliphatic carbocycles. The lowest BCUT2D eigenvalue weighted by Crippen LogP contribution is -2.13. The van der Waals surface area contributed by atoms with Gasteiger partial charge in [-0.15, -0.1) is 0 Å². The Labute approximate surface area is 182 Å². The van der Waals surface area contributed by atoms with Crippen molar-refractivity contribution in [3.05, 3.63) is 65.4 Å². The summed E-state index contributed by atoms with van der Waals surface area (Å²) in [6.45, 7) is 1.50. The highest BCUT2D eigenvalue weighted by atomic mass is 16.1. The van der Waals surface area contributed by atoms with Crippen LogP contribution in [-0.2, 0) is 24.2 Å². The van der Waals surface area contributed by atoms with E-state index in [1.165, 1.54) is 5.56 Å². The van der Waals surface area contributed by atoms with Gasteiger partial charge in [-0.3, -0.25) is 4.79 Å². The van der Waals surface area contributed by atoms with Crippen molar-refractivity contribution in [1.82, 2.24) is 14.9 Å². The smallest absolute Gasteiger partial charge is 0.228 e. The second-order valence-corrected chi connectivity index (χ2v) is 8.11. The number of carbonyl (C=O) groups excluding carboxylic acids is 1. The van der Waals surface area contributed by atoms with Crippen LogP contribution in [0.5, 0.6) is 0 Å². The number of nitrogens with one attached hydrogen (secondary N) is 2. The molecule has 0 fully saturated rings. The van der Waals surface area contributed by atoms with Crippen LogP contribution in [0.15, 0.2) is 48.7 Å². The minimum absolute atomic E-state index is 0.0553. The molecule has 0 atom stereocenters. The molecule has 31 heavy (non-hydrogen) atoms. The van der Waals surface area contributed by atoms with Gasteiger partial charge in [-0.25, -0.2) is 9.97 Å². The summed E-state index contributed by atoms with van der Waals surface area (Å²) in [7, 11) is 4.16. The maximum Gasteiger partial charge on any atom is 0.228 e. The quantitative estimate of drug-likeness (QED) is 0.547. The third-order valence-electron chi connectivity index (χ3n) is 5.32. The molecule has 1 aliphatic rings. The van der Waals surface area contributed by atoms with Gasteiger partial charge in [-0.1, -0.05) is 18.2 Å². The van der Waals surface area contributed by atoms with E-state index in [4.69, 9.17) is 10.7 Å². The highest BCUT2D eigenvalue weighted by molar-refractivity contribution is 6.00. The second kappa shape index (κ2) is 9.24. The lowest BCUT2D eigenvalue weighted by Gasteiger charge is -2.13. The number of rotatable bonds is 7. The lowest BCUT2D eigenvalue weighted by atomic mass is 10.0. The van der Waals surface area contributed by atoms with Crippen molar-refractivity contribution in [2.24, 2.45) is 5.73 Å². The van der Waals surface area contributed by atoms with Crippen LogP contribution < -0.4 is 16.4 Å². The van der Waals surface area contributed by atoms with Gasteiger partial charge < -0.3 is 21.3 Å². The lowest BCUT2D eigenvalue weighted by molar-refractivity contribution is -0.115. The monoisotopic (exact) mass is 416 g/mol. The summed E-state index contributed by atoms with van der Waals surface area (Å²) in [6, 6.07) is 14.1. The first-order valence-electron chi connectivity index (χ1n) is 10.5. The van der Waals surface area contributed by atoms with Crippen LogP contribution in [-0.4, -0.2) is 41.4 Å². The maximum absolute atomic E-state index is 12.4. The number of aryl methyl sites for hydroxylation is 1. The summed E-state index contributed by atoms with van der Waals surface area (Å²) in [4.78, 5) is 23.8. The van der Waals surface area contributed by atoms with E-state index in [-0.39, 0.29) is 12.3 Å². The van der Waals surface area contributed by atoms with E-state index < -0.39 is 0 Å². The molecule has 0 bridgehead atoms. The van der Waals surface area contributed by atoms with Crippen molar-refractivity contribution in [2.45, 2.75) is 25.8 Å². The van der Waals surface area contributed by atoms with Crippen LogP contribution >= 0.6 is 0 Å². The minimum Gasteiger partial charge on any atom is -0.326 e. The topological polar surface area (TPSA) is 96.2 Å². The molecule has 3 aromatic rings. The first-order valence-corrected chi connectivity index (χ1v) is 10.5. The van der Waals surface area contributed by atoms with Crippen LogP contribution in [0, 0.1) is 0 Å². The number of anilines is 3. The second-order valence-electron chi connectivity index (χ2n) is 8.11.